The molecule has 2 nitrogen and oxygen atoms in total. The smallest absolute Gasteiger partial charge is 0.0946 e. The van der Waals surface area contributed by atoms with Crippen LogP contribution in [0.1, 0.15) is 24.5 Å². The second-order valence-electron chi connectivity index (χ2n) is 6.83. The number of halogens is 1. The van der Waals surface area contributed by atoms with Gasteiger partial charge in [0.25, 0.3) is 0 Å². The van der Waals surface area contributed by atoms with Crippen molar-refractivity contribution in [3.63, 3.8) is 0 Å². The average Bonchev–Trinajstić information content (AvgIpc) is 3.09. The molecule has 0 radical (unpaired) electrons. The highest BCUT2D eigenvalue weighted by atomic mass is 35.5. The Labute approximate surface area is 149 Å². The summed E-state index contributed by atoms with van der Waals surface area (Å²) in [6.07, 6.45) is 9.03. The summed E-state index contributed by atoms with van der Waals surface area (Å²) in [5.41, 5.74) is 2.88. The summed E-state index contributed by atoms with van der Waals surface area (Å²) in [6.45, 7) is 3.33. The molecule has 1 heterocycles. The topological polar surface area (TPSA) is 17.8 Å². The van der Waals surface area contributed by atoms with E-state index < -0.39 is 0 Å². The Kier molecular flexibility index (Phi) is 5.37. The zero-order valence-electron chi connectivity index (χ0n) is 14.0. The van der Waals surface area contributed by atoms with Crippen molar-refractivity contribution in [1.29, 1.82) is 0 Å². The first kappa shape index (κ1) is 16.8. The molecule has 0 aliphatic rings. The van der Waals surface area contributed by atoms with E-state index in [0.29, 0.717) is 0 Å². The van der Waals surface area contributed by atoms with Crippen LogP contribution < -0.4 is 0 Å². The number of aromatic nitrogens is 2. The Morgan fingerprint density at radius 2 is 1.75 bits per heavy atom. The van der Waals surface area contributed by atoms with Gasteiger partial charge in [-0.2, -0.15) is 0 Å². The predicted molar refractivity (Wildman–Crippen MR) is 100 cm³/mol. The third-order valence-corrected chi connectivity index (χ3v) is 4.78. The lowest BCUT2D eigenvalue weighted by Gasteiger charge is -2.30. The molecule has 1 unspecified atom stereocenters. The van der Waals surface area contributed by atoms with Crippen LogP contribution in [0.3, 0.4) is 0 Å². The highest BCUT2D eigenvalue weighted by molar-refractivity contribution is 6.30. The van der Waals surface area contributed by atoms with Gasteiger partial charge >= 0.3 is 0 Å². The summed E-state index contributed by atoms with van der Waals surface area (Å²) in [6, 6.07) is 18.9. The van der Waals surface area contributed by atoms with Crippen molar-refractivity contribution < 1.29 is 0 Å². The molecule has 0 amide bonds. The average molecular weight is 339 g/mol. The molecule has 0 fully saturated rings. The summed E-state index contributed by atoms with van der Waals surface area (Å²) in [4.78, 5) is 4.19. The number of nitrogens with zero attached hydrogens (tertiary/aromatic N) is 2. The van der Waals surface area contributed by atoms with Crippen LogP contribution in [0.2, 0.25) is 5.02 Å². The molecule has 0 N–H and O–H groups in total. The standard InChI is InChI=1S/C21H23ClN2/c1-21(16-24-14-13-23-17-24,12-11-18-5-3-2-4-6-18)15-19-7-9-20(22)10-8-19/h2-10,13-14,17H,11-12,15-16H2,1H3. The van der Waals surface area contributed by atoms with E-state index in [4.69, 9.17) is 11.6 Å². The maximum atomic E-state index is 6.03. The van der Waals surface area contributed by atoms with E-state index in [0.717, 1.165) is 30.8 Å². The van der Waals surface area contributed by atoms with Gasteiger partial charge in [0.05, 0.1) is 6.33 Å². The third-order valence-electron chi connectivity index (χ3n) is 4.53. The molecule has 3 rings (SSSR count). The molecule has 3 aromatic rings. The third kappa shape index (κ3) is 4.72. The van der Waals surface area contributed by atoms with E-state index in [1.54, 1.807) is 0 Å². The summed E-state index contributed by atoms with van der Waals surface area (Å²) in [5.74, 6) is 0. The normalized spacial score (nSPS) is 13.6. The minimum Gasteiger partial charge on any atom is -0.337 e. The second kappa shape index (κ2) is 7.67. The second-order valence-corrected chi connectivity index (χ2v) is 7.27. The van der Waals surface area contributed by atoms with Crippen LogP contribution in [0.25, 0.3) is 0 Å². The molecule has 1 aromatic heterocycles. The Balaban J connectivity index is 1.75. The van der Waals surface area contributed by atoms with Crippen molar-refractivity contribution in [2.75, 3.05) is 0 Å². The molecule has 3 heteroatoms. The fourth-order valence-electron chi connectivity index (χ4n) is 3.23. The molecule has 0 saturated carbocycles. The Morgan fingerprint density at radius 3 is 2.42 bits per heavy atom. The largest absolute Gasteiger partial charge is 0.337 e. The van der Waals surface area contributed by atoms with E-state index in [9.17, 15) is 0 Å². The van der Waals surface area contributed by atoms with Gasteiger partial charge in [0, 0.05) is 24.0 Å². The molecule has 0 saturated heterocycles. The van der Waals surface area contributed by atoms with Crippen molar-refractivity contribution in [2.24, 2.45) is 5.41 Å². The summed E-state index contributed by atoms with van der Waals surface area (Å²) < 4.78 is 2.18. The van der Waals surface area contributed by atoms with Gasteiger partial charge in [-0.3, -0.25) is 0 Å². The van der Waals surface area contributed by atoms with Gasteiger partial charge in [-0.15, -0.1) is 0 Å². The predicted octanol–water partition coefficient (Wildman–Crippen LogP) is 5.42. The lowest BCUT2D eigenvalue weighted by atomic mass is 9.78. The van der Waals surface area contributed by atoms with Crippen LogP contribution in [0.15, 0.2) is 73.3 Å². The molecule has 1 atom stereocenters. The molecule has 0 spiro atoms. The van der Waals surface area contributed by atoms with Gasteiger partial charge in [-0.1, -0.05) is 61.0 Å². The van der Waals surface area contributed by atoms with E-state index >= 15 is 0 Å². The zero-order chi connectivity index (χ0) is 16.8. The van der Waals surface area contributed by atoms with Crippen LogP contribution in [0.4, 0.5) is 0 Å². The Hall–Kier alpha value is -2.06. The minimum absolute atomic E-state index is 0.157. The summed E-state index contributed by atoms with van der Waals surface area (Å²) in [5, 5.41) is 0.791. The van der Waals surface area contributed by atoms with Crippen LogP contribution in [0.5, 0.6) is 0 Å². The van der Waals surface area contributed by atoms with Gasteiger partial charge in [0.15, 0.2) is 0 Å². The van der Waals surface area contributed by atoms with Crippen LogP contribution >= 0.6 is 11.6 Å². The highest BCUT2D eigenvalue weighted by Gasteiger charge is 2.25. The maximum absolute atomic E-state index is 6.03. The Morgan fingerprint density at radius 1 is 1.00 bits per heavy atom. The number of imidazole rings is 1. The van der Waals surface area contributed by atoms with Crippen LogP contribution in [-0.2, 0) is 19.4 Å². The number of hydrogen-bond donors (Lipinski definition) is 0. The van der Waals surface area contributed by atoms with Crippen molar-refractivity contribution >= 4 is 11.6 Å². The summed E-state index contributed by atoms with van der Waals surface area (Å²) in [7, 11) is 0. The monoisotopic (exact) mass is 338 g/mol. The summed E-state index contributed by atoms with van der Waals surface area (Å²) >= 11 is 6.03. The van der Waals surface area contributed by atoms with Crippen LogP contribution in [0, 0.1) is 5.41 Å². The maximum Gasteiger partial charge on any atom is 0.0946 e. The Bertz CT molecular complexity index is 735. The van der Waals surface area contributed by atoms with Crippen molar-refractivity contribution in [3.05, 3.63) is 89.5 Å². The van der Waals surface area contributed by atoms with Gasteiger partial charge in [0.1, 0.15) is 0 Å². The number of aryl methyl sites for hydroxylation is 1. The van der Waals surface area contributed by atoms with Gasteiger partial charge in [-0.25, -0.2) is 4.98 Å². The first-order valence-corrected chi connectivity index (χ1v) is 8.75. The van der Waals surface area contributed by atoms with Crippen molar-refractivity contribution in [3.8, 4) is 0 Å². The molecule has 124 valence electrons. The van der Waals surface area contributed by atoms with Crippen LogP contribution in [-0.4, -0.2) is 9.55 Å². The lowest BCUT2D eigenvalue weighted by Crippen LogP contribution is -2.26. The molecular weight excluding hydrogens is 316 g/mol. The SMILES string of the molecule is CC(CCc1ccccc1)(Cc1ccc(Cl)cc1)Cn1ccnc1. The molecule has 2 aromatic carbocycles. The molecule has 0 aliphatic carbocycles. The lowest BCUT2D eigenvalue weighted by molar-refractivity contribution is 0.247. The van der Waals surface area contributed by atoms with Gasteiger partial charge < -0.3 is 4.57 Å². The number of hydrogen-bond acceptors (Lipinski definition) is 1. The fourth-order valence-corrected chi connectivity index (χ4v) is 3.36. The van der Waals surface area contributed by atoms with Crippen molar-refractivity contribution in [1.82, 2.24) is 9.55 Å². The molecular formula is C21H23ClN2. The van der Waals surface area contributed by atoms with E-state index in [-0.39, 0.29) is 5.41 Å². The zero-order valence-corrected chi connectivity index (χ0v) is 14.8. The van der Waals surface area contributed by atoms with Gasteiger partial charge in [0.2, 0.25) is 0 Å². The van der Waals surface area contributed by atoms with E-state index in [1.165, 1.54) is 11.1 Å². The first-order valence-electron chi connectivity index (χ1n) is 8.37. The fraction of sp³-hybridized carbons (Fsp3) is 0.286. The van der Waals surface area contributed by atoms with Gasteiger partial charge in [-0.05, 0) is 47.9 Å². The van der Waals surface area contributed by atoms with E-state index in [1.807, 2.05) is 30.9 Å². The molecule has 0 bridgehead atoms. The molecule has 24 heavy (non-hydrogen) atoms. The molecule has 0 aliphatic heterocycles. The first-order chi connectivity index (χ1) is 11.6. The number of benzene rings is 2. The van der Waals surface area contributed by atoms with E-state index in [2.05, 4.69) is 58.9 Å². The number of rotatable bonds is 7. The minimum atomic E-state index is 0.157. The van der Waals surface area contributed by atoms with Crippen molar-refractivity contribution in [2.45, 2.75) is 32.7 Å². The quantitative estimate of drug-likeness (QED) is 0.562. The highest BCUT2D eigenvalue weighted by Crippen LogP contribution is 2.31.